The Bertz CT molecular complexity index is 874. The van der Waals surface area contributed by atoms with Crippen molar-refractivity contribution in [1.29, 1.82) is 0 Å². The molecule has 0 N–H and O–H groups in total. The third kappa shape index (κ3) is 16.4. The lowest BCUT2D eigenvalue weighted by Gasteiger charge is -2.27. The summed E-state index contributed by atoms with van der Waals surface area (Å²) in [6.07, 6.45) is 16.6. The molecule has 2 aliphatic carbocycles. The van der Waals surface area contributed by atoms with Crippen LogP contribution >= 0.6 is 0 Å². The Labute approximate surface area is 265 Å². The first-order chi connectivity index (χ1) is 21.0. The minimum atomic E-state index is -0.520. The summed E-state index contributed by atoms with van der Waals surface area (Å²) >= 11 is 0. The zero-order valence-electron chi connectivity index (χ0n) is 27.9. The van der Waals surface area contributed by atoms with E-state index in [4.69, 9.17) is 18.9 Å². The van der Waals surface area contributed by atoms with Crippen LogP contribution in [0.2, 0.25) is 0 Å². The number of carbonyl (C=O) groups is 4. The minimum absolute atomic E-state index is 0.0211. The highest BCUT2D eigenvalue weighted by Crippen LogP contribution is 2.33. The summed E-state index contributed by atoms with van der Waals surface area (Å²) in [5.41, 5.74) is 2.69. The molecule has 0 atom stereocenters. The molecule has 0 saturated heterocycles. The molecule has 2 fully saturated rings. The maximum atomic E-state index is 12.4. The second-order valence-electron chi connectivity index (χ2n) is 13.1. The first-order valence-corrected chi connectivity index (χ1v) is 16.6. The van der Waals surface area contributed by atoms with Gasteiger partial charge in [-0.25, -0.2) is 0 Å². The van der Waals surface area contributed by atoms with E-state index in [1.165, 1.54) is 28.9 Å². The highest BCUT2D eigenvalue weighted by atomic mass is 16.6. The predicted octanol–water partition coefficient (Wildman–Crippen LogP) is 6.20. The fraction of sp³-hybridized carbons (Fsp3) is 0.771. The average Bonchev–Trinajstić information content (AvgIpc) is 2.97. The number of rotatable bonds is 18. The van der Waals surface area contributed by atoms with E-state index in [1.54, 1.807) is 7.05 Å². The number of allylic oxidation sites excluding steroid dienone is 4. The van der Waals surface area contributed by atoms with Crippen molar-refractivity contribution < 1.29 is 38.1 Å². The SMILES string of the molecule is CC(C)=CCCC1CCC(C(=O)OCCOC(=O)CN(C)CC(=O)OCCOC(=O)C2CCC(CCC=C(C)C)CC2)CC1. The van der Waals surface area contributed by atoms with Gasteiger partial charge in [0.1, 0.15) is 26.4 Å². The largest absolute Gasteiger partial charge is 0.462 e. The Hall–Kier alpha value is -2.68. The van der Waals surface area contributed by atoms with E-state index in [9.17, 15) is 19.2 Å². The van der Waals surface area contributed by atoms with Crippen LogP contribution in [0.15, 0.2) is 23.3 Å². The summed E-state index contributed by atoms with van der Waals surface area (Å²) < 4.78 is 21.0. The van der Waals surface area contributed by atoms with Crippen molar-refractivity contribution in [2.75, 3.05) is 46.6 Å². The van der Waals surface area contributed by atoms with Crippen molar-refractivity contribution >= 4 is 23.9 Å². The van der Waals surface area contributed by atoms with Gasteiger partial charge in [-0.3, -0.25) is 24.1 Å². The van der Waals surface area contributed by atoms with E-state index in [-0.39, 0.29) is 63.3 Å². The third-order valence-electron chi connectivity index (χ3n) is 8.59. The molecule has 0 heterocycles. The Balaban J connectivity index is 1.47. The van der Waals surface area contributed by atoms with Crippen LogP contribution in [-0.4, -0.2) is 75.3 Å². The Kier molecular flexibility index (Phi) is 18.0. The molecule has 2 aliphatic rings. The standard InChI is InChI=1S/C35H57NO8/c1-26(2)8-6-10-28-12-16-30(17-13-28)34(39)43-22-20-41-32(37)24-36(5)25-33(38)42-21-23-44-35(40)31-18-14-29(15-19-31)11-7-9-27(3)4/h8-9,28-31H,6-7,10-25H2,1-5H3. The molecule has 9 heteroatoms. The highest BCUT2D eigenvalue weighted by Gasteiger charge is 2.28. The molecule has 250 valence electrons. The number of nitrogens with zero attached hydrogens (tertiary/aromatic N) is 1. The van der Waals surface area contributed by atoms with E-state index < -0.39 is 11.9 Å². The van der Waals surface area contributed by atoms with Gasteiger partial charge in [0.15, 0.2) is 0 Å². The van der Waals surface area contributed by atoms with Crippen molar-refractivity contribution in [2.45, 2.75) is 105 Å². The summed E-state index contributed by atoms with van der Waals surface area (Å²) in [4.78, 5) is 50.5. The van der Waals surface area contributed by atoms with Crippen LogP contribution < -0.4 is 0 Å². The van der Waals surface area contributed by atoms with Crippen molar-refractivity contribution in [3.05, 3.63) is 23.3 Å². The Morgan fingerprint density at radius 1 is 0.568 bits per heavy atom. The highest BCUT2D eigenvalue weighted by molar-refractivity contribution is 5.75. The van der Waals surface area contributed by atoms with Gasteiger partial charge in [0, 0.05) is 0 Å². The normalized spacial score (nSPS) is 21.6. The van der Waals surface area contributed by atoms with Crippen LogP contribution in [0, 0.1) is 23.7 Å². The van der Waals surface area contributed by atoms with Gasteiger partial charge in [0.25, 0.3) is 0 Å². The minimum Gasteiger partial charge on any atom is -0.462 e. The molecule has 0 aromatic heterocycles. The molecule has 0 unspecified atom stereocenters. The third-order valence-corrected chi connectivity index (χ3v) is 8.59. The summed E-state index contributed by atoms with van der Waals surface area (Å²) in [7, 11) is 1.61. The van der Waals surface area contributed by atoms with Gasteiger partial charge in [-0.1, -0.05) is 23.3 Å². The van der Waals surface area contributed by atoms with E-state index in [0.717, 1.165) is 64.2 Å². The molecule has 0 radical (unpaired) electrons. The quantitative estimate of drug-likeness (QED) is 0.0767. The van der Waals surface area contributed by atoms with E-state index in [2.05, 4.69) is 39.8 Å². The summed E-state index contributed by atoms with van der Waals surface area (Å²) in [5.74, 6) is -0.278. The summed E-state index contributed by atoms with van der Waals surface area (Å²) in [6, 6.07) is 0. The Morgan fingerprint density at radius 2 is 0.909 bits per heavy atom. The zero-order valence-corrected chi connectivity index (χ0v) is 27.9. The molecular formula is C35H57NO8. The average molecular weight is 620 g/mol. The number of ether oxygens (including phenoxy) is 4. The van der Waals surface area contributed by atoms with Crippen molar-refractivity contribution in [1.82, 2.24) is 4.90 Å². The van der Waals surface area contributed by atoms with Crippen LogP contribution in [0.25, 0.3) is 0 Å². The Morgan fingerprint density at radius 3 is 1.25 bits per heavy atom. The number of likely N-dealkylation sites (N-methyl/N-ethyl adjacent to an activating group) is 1. The topological polar surface area (TPSA) is 108 Å². The summed E-state index contributed by atoms with van der Waals surface area (Å²) in [6.45, 7) is 8.24. The van der Waals surface area contributed by atoms with Gasteiger partial charge in [-0.05, 0) is 124 Å². The zero-order chi connectivity index (χ0) is 32.3. The fourth-order valence-corrected chi connectivity index (χ4v) is 6.01. The van der Waals surface area contributed by atoms with Crippen molar-refractivity contribution in [3.63, 3.8) is 0 Å². The second-order valence-corrected chi connectivity index (χ2v) is 13.1. The van der Waals surface area contributed by atoms with Crippen LogP contribution in [0.3, 0.4) is 0 Å². The van der Waals surface area contributed by atoms with E-state index in [1.807, 2.05) is 0 Å². The molecule has 0 aliphatic heterocycles. The molecule has 0 amide bonds. The monoisotopic (exact) mass is 619 g/mol. The van der Waals surface area contributed by atoms with Gasteiger partial charge in [-0.15, -0.1) is 0 Å². The van der Waals surface area contributed by atoms with Crippen LogP contribution in [0.4, 0.5) is 0 Å². The van der Waals surface area contributed by atoms with Crippen LogP contribution in [-0.2, 0) is 38.1 Å². The first kappa shape index (κ1) is 37.5. The molecular weight excluding hydrogens is 562 g/mol. The lowest BCUT2D eigenvalue weighted by atomic mass is 9.80. The molecule has 0 aromatic rings. The molecule has 0 spiro atoms. The maximum absolute atomic E-state index is 12.4. The lowest BCUT2D eigenvalue weighted by molar-refractivity contribution is -0.158. The number of hydrogen-bond donors (Lipinski definition) is 0. The van der Waals surface area contributed by atoms with Crippen molar-refractivity contribution in [3.8, 4) is 0 Å². The fourth-order valence-electron chi connectivity index (χ4n) is 6.01. The number of hydrogen-bond acceptors (Lipinski definition) is 9. The van der Waals surface area contributed by atoms with Gasteiger partial charge in [0.2, 0.25) is 0 Å². The van der Waals surface area contributed by atoms with Gasteiger partial charge in [0.05, 0.1) is 24.9 Å². The molecule has 2 rings (SSSR count). The van der Waals surface area contributed by atoms with Crippen molar-refractivity contribution in [2.24, 2.45) is 23.7 Å². The maximum Gasteiger partial charge on any atom is 0.320 e. The molecule has 0 bridgehead atoms. The predicted molar refractivity (Wildman–Crippen MR) is 170 cm³/mol. The number of carbonyl (C=O) groups excluding carboxylic acids is 4. The van der Waals surface area contributed by atoms with Crippen LogP contribution in [0.5, 0.6) is 0 Å². The molecule has 2 saturated carbocycles. The second kappa shape index (κ2) is 21.1. The summed E-state index contributed by atoms with van der Waals surface area (Å²) in [5, 5.41) is 0. The lowest BCUT2D eigenvalue weighted by Crippen LogP contribution is -2.34. The van der Waals surface area contributed by atoms with Gasteiger partial charge < -0.3 is 18.9 Å². The van der Waals surface area contributed by atoms with E-state index in [0.29, 0.717) is 11.8 Å². The van der Waals surface area contributed by atoms with E-state index >= 15 is 0 Å². The molecule has 9 nitrogen and oxygen atoms in total. The molecule has 0 aromatic carbocycles. The van der Waals surface area contributed by atoms with Gasteiger partial charge >= 0.3 is 23.9 Å². The van der Waals surface area contributed by atoms with Crippen LogP contribution in [0.1, 0.15) is 105 Å². The number of esters is 4. The smallest absolute Gasteiger partial charge is 0.320 e. The molecule has 44 heavy (non-hydrogen) atoms. The first-order valence-electron chi connectivity index (χ1n) is 16.6. The van der Waals surface area contributed by atoms with Gasteiger partial charge in [-0.2, -0.15) is 0 Å².